The summed E-state index contributed by atoms with van der Waals surface area (Å²) in [6.07, 6.45) is 1.60. The van der Waals surface area contributed by atoms with Crippen LogP contribution in [0.25, 0.3) is 0 Å². The molecule has 1 atom stereocenters. The fourth-order valence-corrected chi connectivity index (χ4v) is 2.18. The van der Waals surface area contributed by atoms with Crippen LogP contribution in [0, 0.1) is 6.92 Å². The van der Waals surface area contributed by atoms with Crippen molar-refractivity contribution in [2.45, 2.75) is 20.0 Å². The van der Waals surface area contributed by atoms with Crippen LogP contribution in [0.3, 0.4) is 0 Å². The Hall–Kier alpha value is -1.73. The van der Waals surface area contributed by atoms with Crippen LogP contribution in [0.2, 0.25) is 0 Å². The second-order valence-corrected chi connectivity index (χ2v) is 4.80. The van der Waals surface area contributed by atoms with Gasteiger partial charge in [-0.2, -0.15) is 0 Å². The number of methoxy groups -OCH3 is 1. The Morgan fingerprint density at radius 1 is 1.56 bits per heavy atom. The smallest absolute Gasteiger partial charge is 0.259 e. The number of hydrogen-bond donors (Lipinski definition) is 2. The fraction of sp³-hybridized carbons (Fsp3) is 0.364. The van der Waals surface area contributed by atoms with Crippen LogP contribution in [0.1, 0.15) is 34.1 Å². The van der Waals surface area contributed by atoms with E-state index in [2.05, 4.69) is 20.5 Å². The topological polar surface area (TPSA) is 79.9 Å². The molecule has 96 valence electrons. The third-order valence-corrected chi connectivity index (χ3v) is 3.56. The highest BCUT2D eigenvalue weighted by Crippen LogP contribution is 2.23. The quantitative estimate of drug-likeness (QED) is 0.888. The van der Waals surface area contributed by atoms with E-state index in [4.69, 9.17) is 4.74 Å². The van der Waals surface area contributed by atoms with Crippen molar-refractivity contribution in [3.63, 3.8) is 0 Å². The van der Waals surface area contributed by atoms with Crippen LogP contribution in [0.15, 0.2) is 12.3 Å². The van der Waals surface area contributed by atoms with E-state index >= 15 is 0 Å². The molecule has 0 bridgehead atoms. The summed E-state index contributed by atoms with van der Waals surface area (Å²) in [5.74, 6) is -0.193. The molecule has 0 aliphatic heterocycles. The fourth-order valence-electron chi connectivity index (χ4n) is 1.41. The molecular weight excluding hydrogens is 252 g/mol. The van der Waals surface area contributed by atoms with Gasteiger partial charge >= 0.3 is 0 Å². The van der Waals surface area contributed by atoms with Gasteiger partial charge in [-0.25, -0.2) is 0 Å². The molecule has 0 saturated carbocycles. The third kappa shape index (κ3) is 2.57. The van der Waals surface area contributed by atoms with E-state index in [9.17, 15) is 4.79 Å². The molecule has 0 aromatic carbocycles. The van der Waals surface area contributed by atoms with Gasteiger partial charge in [-0.15, -0.1) is 10.2 Å². The average molecular weight is 266 g/mol. The normalized spacial score (nSPS) is 12.4. The van der Waals surface area contributed by atoms with Crippen molar-refractivity contribution in [1.82, 2.24) is 15.2 Å². The van der Waals surface area contributed by atoms with Crippen LogP contribution in [-0.2, 0) is 4.74 Å². The first-order chi connectivity index (χ1) is 8.61. The highest BCUT2D eigenvalue weighted by molar-refractivity contribution is 7.15. The summed E-state index contributed by atoms with van der Waals surface area (Å²) in [4.78, 5) is 14.9. The zero-order valence-electron chi connectivity index (χ0n) is 10.4. The Bertz CT molecular complexity index is 549. The van der Waals surface area contributed by atoms with Crippen LogP contribution in [-0.4, -0.2) is 28.2 Å². The van der Waals surface area contributed by atoms with E-state index < -0.39 is 0 Å². The minimum absolute atomic E-state index is 0.123. The van der Waals surface area contributed by atoms with Crippen molar-refractivity contribution >= 4 is 22.4 Å². The van der Waals surface area contributed by atoms with Crippen molar-refractivity contribution in [1.29, 1.82) is 0 Å². The molecule has 0 radical (unpaired) electrons. The van der Waals surface area contributed by atoms with Crippen LogP contribution in [0.5, 0.6) is 0 Å². The predicted molar refractivity (Wildman–Crippen MR) is 68.8 cm³/mol. The van der Waals surface area contributed by atoms with Crippen molar-refractivity contribution in [3.8, 4) is 0 Å². The van der Waals surface area contributed by atoms with Gasteiger partial charge in [0, 0.05) is 19.0 Å². The van der Waals surface area contributed by atoms with E-state index in [0.29, 0.717) is 10.7 Å². The first-order valence-electron chi connectivity index (χ1n) is 5.43. The lowest BCUT2D eigenvalue weighted by Gasteiger charge is -2.02. The molecule has 0 spiro atoms. The SMILES string of the molecule is COC(C)c1nnc(NC(=O)c2cc[nH]c2C)s1. The summed E-state index contributed by atoms with van der Waals surface area (Å²) < 4.78 is 5.14. The molecule has 7 heteroatoms. The lowest BCUT2D eigenvalue weighted by Crippen LogP contribution is -2.12. The van der Waals surface area contributed by atoms with Gasteiger partial charge in [-0.3, -0.25) is 10.1 Å². The Morgan fingerprint density at radius 3 is 2.94 bits per heavy atom. The number of aromatic nitrogens is 3. The van der Waals surface area contributed by atoms with Gasteiger partial charge in [-0.1, -0.05) is 11.3 Å². The molecule has 1 unspecified atom stereocenters. The molecule has 0 saturated heterocycles. The summed E-state index contributed by atoms with van der Waals surface area (Å²) in [7, 11) is 1.60. The van der Waals surface area contributed by atoms with Gasteiger partial charge in [0.25, 0.3) is 5.91 Å². The van der Waals surface area contributed by atoms with Gasteiger partial charge in [-0.05, 0) is 19.9 Å². The number of carbonyl (C=O) groups is 1. The standard InChI is InChI=1S/C11H14N4O2S/c1-6-8(4-5-12-6)9(16)13-11-15-14-10(18-11)7(2)17-3/h4-5,7,12H,1-3H3,(H,13,15,16). The molecule has 0 aliphatic rings. The molecule has 18 heavy (non-hydrogen) atoms. The first kappa shape index (κ1) is 12.7. The highest BCUT2D eigenvalue weighted by atomic mass is 32.1. The molecule has 6 nitrogen and oxygen atoms in total. The van der Waals surface area contributed by atoms with Gasteiger partial charge in [0.1, 0.15) is 11.1 Å². The Kier molecular flexibility index (Phi) is 3.73. The van der Waals surface area contributed by atoms with E-state index in [1.807, 2.05) is 13.8 Å². The van der Waals surface area contributed by atoms with Crippen LogP contribution >= 0.6 is 11.3 Å². The summed E-state index contributed by atoms with van der Waals surface area (Å²) in [5, 5.41) is 11.8. The van der Waals surface area contributed by atoms with E-state index in [1.165, 1.54) is 11.3 Å². The number of anilines is 1. The first-order valence-corrected chi connectivity index (χ1v) is 6.25. The van der Waals surface area contributed by atoms with E-state index in [-0.39, 0.29) is 12.0 Å². The van der Waals surface area contributed by atoms with Gasteiger partial charge < -0.3 is 9.72 Å². The summed E-state index contributed by atoms with van der Waals surface area (Å²) in [6.45, 7) is 3.72. The molecule has 2 aromatic heterocycles. The Labute approximate surface area is 108 Å². The number of carbonyl (C=O) groups excluding carboxylic acids is 1. The number of nitrogens with one attached hydrogen (secondary N) is 2. The molecule has 2 N–H and O–H groups in total. The van der Waals surface area contributed by atoms with E-state index in [0.717, 1.165) is 10.7 Å². The molecule has 1 amide bonds. The number of aryl methyl sites for hydroxylation is 1. The minimum Gasteiger partial charge on any atom is -0.374 e. The van der Waals surface area contributed by atoms with Crippen LogP contribution in [0.4, 0.5) is 5.13 Å². The molecule has 2 rings (SSSR count). The number of H-pyrrole nitrogens is 1. The number of rotatable bonds is 4. The molecular formula is C11H14N4O2S. The lowest BCUT2D eigenvalue weighted by atomic mass is 10.2. The maximum absolute atomic E-state index is 11.9. The molecule has 0 aliphatic carbocycles. The van der Waals surface area contributed by atoms with Crippen molar-refractivity contribution < 1.29 is 9.53 Å². The van der Waals surface area contributed by atoms with Gasteiger partial charge in [0.05, 0.1) is 5.56 Å². The maximum Gasteiger partial charge on any atom is 0.259 e. The molecule has 2 heterocycles. The number of nitrogens with zero attached hydrogens (tertiary/aromatic N) is 2. The second kappa shape index (κ2) is 5.28. The summed E-state index contributed by atoms with van der Waals surface area (Å²) >= 11 is 1.31. The minimum atomic E-state index is -0.193. The monoisotopic (exact) mass is 266 g/mol. The molecule has 2 aromatic rings. The third-order valence-electron chi connectivity index (χ3n) is 2.56. The lowest BCUT2D eigenvalue weighted by molar-refractivity contribution is 0.102. The summed E-state index contributed by atoms with van der Waals surface area (Å²) in [5.41, 5.74) is 1.43. The zero-order chi connectivity index (χ0) is 13.1. The van der Waals surface area contributed by atoms with Crippen molar-refractivity contribution in [2.75, 3.05) is 12.4 Å². The zero-order valence-corrected chi connectivity index (χ0v) is 11.2. The summed E-state index contributed by atoms with van der Waals surface area (Å²) in [6, 6.07) is 1.73. The Balaban J connectivity index is 2.08. The van der Waals surface area contributed by atoms with Crippen LogP contribution < -0.4 is 5.32 Å². The van der Waals surface area contributed by atoms with Crippen molar-refractivity contribution in [3.05, 3.63) is 28.5 Å². The number of aromatic amines is 1. The van der Waals surface area contributed by atoms with Gasteiger partial charge in [0.15, 0.2) is 0 Å². The predicted octanol–water partition coefficient (Wildman–Crippen LogP) is 2.13. The highest BCUT2D eigenvalue weighted by Gasteiger charge is 2.15. The average Bonchev–Trinajstić information content (AvgIpc) is 2.97. The van der Waals surface area contributed by atoms with Crippen molar-refractivity contribution in [2.24, 2.45) is 0 Å². The van der Waals surface area contributed by atoms with E-state index in [1.54, 1.807) is 19.4 Å². The number of hydrogen-bond acceptors (Lipinski definition) is 5. The van der Waals surface area contributed by atoms with Gasteiger partial charge in [0.2, 0.25) is 5.13 Å². The Morgan fingerprint density at radius 2 is 2.33 bits per heavy atom. The molecule has 0 fully saturated rings. The number of amides is 1. The largest absolute Gasteiger partial charge is 0.374 e. The second-order valence-electron chi connectivity index (χ2n) is 3.79. The number of ether oxygens (including phenoxy) is 1. The maximum atomic E-state index is 11.9.